The maximum absolute atomic E-state index is 13.9. The standard InChI is InChI=1S/C31H38O5/c1-6-7-8-9-10-14-17-23-20-31(19-18-21(2)3)27(33)24(30(23,4)5)25(32)26(28(31)34)36-29(35)22-15-12-11-13-16-22/h6-7,10-16,18,23-24,34H,8-9,17,19-20H2,1-5H3/b7-6+,14-10+/t23-,24?,31?/m1/s1. The van der Waals surface area contributed by atoms with E-state index in [1.54, 1.807) is 30.3 Å². The van der Waals surface area contributed by atoms with Gasteiger partial charge in [-0.05, 0) is 76.3 Å². The Morgan fingerprint density at radius 1 is 1.08 bits per heavy atom. The van der Waals surface area contributed by atoms with Crippen molar-refractivity contribution in [1.29, 1.82) is 0 Å². The molecule has 1 saturated carbocycles. The first-order valence-electron chi connectivity index (χ1n) is 12.7. The number of aliphatic hydroxyl groups is 1. The molecule has 2 unspecified atom stereocenters. The Kier molecular flexibility index (Phi) is 8.55. The molecule has 0 radical (unpaired) electrons. The van der Waals surface area contributed by atoms with Gasteiger partial charge >= 0.3 is 5.97 Å². The van der Waals surface area contributed by atoms with Gasteiger partial charge < -0.3 is 9.84 Å². The molecule has 1 fully saturated rings. The highest BCUT2D eigenvalue weighted by Gasteiger charge is 2.64. The van der Waals surface area contributed by atoms with E-state index in [0.29, 0.717) is 12.8 Å². The SMILES string of the molecule is C/C=C/CC/C=C/C[C@@H]1CC2(CC=C(C)C)C(=O)C(C(=O)C(OC(=O)c3ccccc3)=C2O)C1(C)C. The van der Waals surface area contributed by atoms with Crippen LogP contribution in [0.5, 0.6) is 0 Å². The Labute approximate surface area is 214 Å². The van der Waals surface area contributed by atoms with Crippen molar-refractivity contribution < 1.29 is 24.2 Å². The number of allylic oxidation sites excluding steroid dienone is 8. The Balaban J connectivity index is 2.02. The summed E-state index contributed by atoms with van der Waals surface area (Å²) in [6.45, 7) is 9.74. The number of esters is 1. The summed E-state index contributed by atoms with van der Waals surface area (Å²) in [5, 5.41) is 11.4. The van der Waals surface area contributed by atoms with Crippen LogP contribution >= 0.6 is 0 Å². The lowest BCUT2D eigenvalue weighted by Crippen LogP contribution is -2.59. The molecule has 3 rings (SSSR count). The van der Waals surface area contributed by atoms with Gasteiger partial charge in [0.1, 0.15) is 0 Å². The van der Waals surface area contributed by atoms with Gasteiger partial charge in [-0.3, -0.25) is 9.59 Å². The van der Waals surface area contributed by atoms with Crippen molar-refractivity contribution in [3.05, 3.63) is 83.4 Å². The smallest absolute Gasteiger partial charge is 0.343 e. The van der Waals surface area contributed by atoms with E-state index in [1.807, 2.05) is 46.8 Å². The van der Waals surface area contributed by atoms with Crippen LogP contribution in [0.2, 0.25) is 0 Å². The van der Waals surface area contributed by atoms with E-state index in [9.17, 15) is 19.5 Å². The molecule has 2 aliphatic rings. The second kappa shape index (κ2) is 11.2. The molecule has 5 nitrogen and oxygen atoms in total. The number of hydrogen-bond donors (Lipinski definition) is 1. The summed E-state index contributed by atoms with van der Waals surface area (Å²) < 4.78 is 5.53. The number of Topliss-reactive ketones (excluding diaryl/α,β-unsaturated/α-hetero) is 2. The van der Waals surface area contributed by atoms with Crippen molar-refractivity contribution >= 4 is 17.5 Å². The number of fused-ring (bicyclic) bond motifs is 2. The highest BCUT2D eigenvalue weighted by Crippen LogP contribution is 2.59. The van der Waals surface area contributed by atoms with Crippen LogP contribution in [0.3, 0.4) is 0 Å². The van der Waals surface area contributed by atoms with Gasteiger partial charge in [0.15, 0.2) is 11.5 Å². The van der Waals surface area contributed by atoms with Gasteiger partial charge in [0.25, 0.3) is 0 Å². The van der Waals surface area contributed by atoms with Gasteiger partial charge in [-0.25, -0.2) is 4.79 Å². The summed E-state index contributed by atoms with van der Waals surface area (Å²) in [7, 11) is 0. The quantitative estimate of drug-likeness (QED) is 0.173. The molecule has 0 aliphatic heterocycles. The van der Waals surface area contributed by atoms with E-state index in [-0.39, 0.29) is 29.4 Å². The minimum Gasteiger partial charge on any atom is -0.507 e. The van der Waals surface area contributed by atoms with E-state index in [1.165, 1.54) is 0 Å². The van der Waals surface area contributed by atoms with E-state index in [4.69, 9.17) is 4.74 Å². The zero-order valence-corrected chi connectivity index (χ0v) is 22.0. The average Bonchev–Trinajstić information content (AvgIpc) is 2.84. The molecule has 0 aromatic heterocycles. The van der Waals surface area contributed by atoms with Crippen LogP contribution < -0.4 is 0 Å². The maximum atomic E-state index is 13.9. The first kappa shape index (κ1) is 27.4. The molecule has 1 aromatic rings. The fourth-order valence-corrected chi connectivity index (χ4v) is 5.38. The molecular formula is C31H38O5. The molecule has 2 aliphatic carbocycles. The second-order valence-corrected chi connectivity index (χ2v) is 10.7. The number of carbonyl (C=O) groups is 3. The highest BCUT2D eigenvalue weighted by molar-refractivity contribution is 6.17. The fourth-order valence-electron chi connectivity index (χ4n) is 5.38. The Bertz CT molecular complexity index is 1110. The third-order valence-electron chi connectivity index (χ3n) is 7.67. The Hall–Kier alpha value is -3.21. The summed E-state index contributed by atoms with van der Waals surface area (Å²) in [5.41, 5.74) is -0.680. The van der Waals surface area contributed by atoms with Gasteiger partial charge in [-0.1, -0.05) is 68.0 Å². The largest absolute Gasteiger partial charge is 0.507 e. The molecular weight excluding hydrogens is 452 g/mol. The van der Waals surface area contributed by atoms with Gasteiger partial charge in [-0.2, -0.15) is 0 Å². The van der Waals surface area contributed by atoms with Crippen LogP contribution in [-0.2, 0) is 14.3 Å². The van der Waals surface area contributed by atoms with Crippen LogP contribution in [0.25, 0.3) is 0 Å². The molecule has 36 heavy (non-hydrogen) atoms. The second-order valence-electron chi connectivity index (χ2n) is 10.7. The van der Waals surface area contributed by atoms with E-state index < -0.39 is 34.3 Å². The van der Waals surface area contributed by atoms with Crippen molar-refractivity contribution in [2.75, 3.05) is 0 Å². The molecule has 192 valence electrons. The molecule has 0 amide bonds. The number of unbranched alkanes of at least 4 members (excludes halogenated alkanes) is 1. The number of benzene rings is 1. The zero-order chi connectivity index (χ0) is 26.5. The first-order chi connectivity index (χ1) is 17.1. The third-order valence-corrected chi connectivity index (χ3v) is 7.67. The summed E-state index contributed by atoms with van der Waals surface area (Å²) >= 11 is 0. The van der Waals surface area contributed by atoms with Crippen molar-refractivity contribution in [1.82, 2.24) is 0 Å². The Morgan fingerprint density at radius 3 is 2.39 bits per heavy atom. The van der Waals surface area contributed by atoms with Gasteiger partial charge in [0.05, 0.1) is 16.9 Å². The topological polar surface area (TPSA) is 80.7 Å². The predicted octanol–water partition coefficient (Wildman–Crippen LogP) is 7.07. The molecule has 5 heteroatoms. The summed E-state index contributed by atoms with van der Waals surface area (Å²) in [6.07, 6.45) is 13.5. The molecule has 0 saturated heterocycles. The number of ether oxygens (including phenoxy) is 1. The van der Waals surface area contributed by atoms with Crippen LogP contribution in [0, 0.1) is 22.7 Å². The van der Waals surface area contributed by atoms with Crippen molar-refractivity contribution in [3.8, 4) is 0 Å². The summed E-state index contributed by atoms with van der Waals surface area (Å²) in [5.74, 6) is -3.42. The van der Waals surface area contributed by atoms with Gasteiger partial charge in [-0.15, -0.1) is 0 Å². The van der Waals surface area contributed by atoms with Gasteiger partial charge in [0, 0.05) is 0 Å². The number of rotatable bonds is 9. The minimum absolute atomic E-state index is 0.0128. The normalized spacial score (nSPS) is 25.5. The number of carbonyl (C=O) groups excluding carboxylic acids is 3. The molecule has 3 atom stereocenters. The number of ketones is 2. The van der Waals surface area contributed by atoms with Crippen LogP contribution in [0.15, 0.2) is 77.8 Å². The van der Waals surface area contributed by atoms with E-state index >= 15 is 0 Å². The molecule has 0 heterocycles. The van der Waals surface area contributed by atoms with Gasteiger partial charge in [0.2, 0.25) is 11.5 Å². The number of hydrogen-bond acceptors (Lipinski definition) is 5. The molecule has 2 bridgehead atoms. The molecule has 1 aromatic carbocycles. The molecule has 0 spiro atoms. The zero-order valence-electron chi connectivity index (χ0n) is 22.0. The van der Waals surface area contributed by atoms with Crippen molar-refractivity contribution in [3.63, 3.8) is 0 Å². The maximum Gasteiger partial charge on any atom is 0.343 e. The lowest BCUT2D eigenvalue weighted by atomic mass is 9.48. The average molecular weight is 491 g/mol. The lowest BCUT2D eigenvalue weighted by Gasteiger charge is -2.53. The fraction of sp³-hybridized carbons (Fsp3) is 0.452. The van der Waals surface area contributed by atoms with Crippen molar-refractivity contribution in [2.24, 2.45) is 22.7 Å². The Morgan fingerprint density at radius 2 is 1.75 bits per heavy atom. The predicted molar refractivity (Wildman–Crippen MR) is 141 cm³/mol. The molecule has 1 N–H and O–H groups in total. The summed E-state index contributed by atoms with van der Waals surface area (Å²) in [6, 6.07) is 8.33. The summed E-state index contributed by atoms with van der Waals surface area (Å²) in [4.78, 5) is 40.3. The third kappa shape index (κ3) is 5.30. The van der Waals surface area contributed by atoms with Crippen LogP contribution in [0.4, 0.5) is 0 Å². The monoisotopic (exact) mass is 490 g/mol. The van der Waals surface area contributed by atoms with Crippen molar-refractivity contribution in [2.45, 2.75) is 66.7 Å². The van der Waals surface area contributed by atoms with E-state index in [2.05, 4.69) is 18.2 Å². The minimum atomic E-state index is -1.29. The lowest BCUT2D eigenvalue weighted by molar-refractivity contribution is -0.157. The number of aliphatic hydroxyl groups excluding tert-OH is 1. The first-order valence-corrected chi connectivity index (χ1v) is 12.7. The highest BCUT2D eigenvalue weighted by atomic mass is 16.5. The van der Waals surface area contributed by atoms with Crippen LogP contribution in [-0.4, -0.2) is 22.6 Å². The van der Waals surface area contributed by atoms with Crippen LogP contribution in [0.1, 0.15) is 77.1 Å². The van der Waals surface area contributed by atoms with E-state index in [0.717, 1.165) is 18.4 Å².